The summed E-state index contributed by atoms with van der Waals surface area (Å²) in [6.45, 7) is 6.88. The summed E-state index contributed by atoms with van der Waals surface area (Å²) in [5, 5.41) is 2.06. The number of aromatic nitrogens is 1. The molecule has 0 bridgehead atoms. The minimum atomic E-state index is 0.598. The third-order valence-corrected chi connectivity index (χ3v) is 5.57. The maximum Gasteiger partial charge on any atom is 0.236 e. The van der Waals surface area contributed by atoms with Gasteiger partial charge in [0.05, 0.1) is 10.6 Å². The summed E-state index contributed by atoms with van der Waals surface area (Å²) in [6, 6.07) is 5.44. The Labute approximate surface area is 129 Å². The Hall–Kier alpha value is -1.17. The number of oxazole rings is 1. The average Bonchev–Trinajstić information content (AvgIpc) is 3.18. The van der Waals surface area contributed by atoms with Gasteiger partial charge in [0.15, 0.2) is 0 Å². The zero-order valence-corrected chi connectivity index (χ0v) is 13.2. The van der Waals surface area contributed by atoms with Gasteiger partial charge >= 0.3 is 0 Å². The van der Waals surface area contributed by atoms with Gasteiger partial charge in [-0.25, -0.2) is 4.98 Å². The molecule has 0 N–H and O–H groups in total. The molecule has 112 valence electrons. The summed E-state index contributed by atoms with van der Waals surface area (Å²) < 4.78 is 5.63. The van der Waals surface area contributed by atoms with Crippen LogP contribution >= 0.6 is 11.3 Å². The fourth-order valence-corrected chi connectivity index (χ4v) is 4.22. The summed E-state index contributed by atoms with van der Waals surface area (Å²) in [5.74, 6) is 0.757. The van der Waals surface area contributed by atoms with E-state index >= 15 is 0 Å². The quantitative estimate of drug-likeness (QED) is 0.872. The first-order chi connectivity index (χ1) is 10.3. The predicted molar refractivity (Wildman–Crippen MR) is 84.3 cm³/mol. The second-order valence-corrected chi connectivity index (χ2v) is 7.14. The first-order valence-corrected chi connectivity index (χ1v) is 8.64. The summed E-state index contributed by atoms with van der Waals surface area (Å²) in [7, 11) is 0. The van der Waals surface area contributed by atoms with E-state index in [1.807, 2.05) is 12.3 Å². The lowest BCUT2D eigenvalue weighted by atomic mass is 10.1. The zero-order chi connectivity index (χ0) is 14.2. The van der Waals surface area contributed by atoms with Crippen LogP contribution in [0.2, 0.25) is 0 Å². The van der Waals surface area contributed by atoms with Gasteiger partial charge in [-0.05, 0) is 37.8 Å². The molecule has 21 heavy (non-hydrogen) atoms. The lowest BCUT2D eigenvalue weighted by Gasteiger charge is -2.42. The van der Waals surface area contributed by atoms with Crippen LogP contribution in [0, 0.1) is 0 Å². The Morgan fingerprint density at radius 3 is 3.24 bits per heavy atom. The molecule has 4 nitrogen and oxygen atoms in total. The molecule has 0 amide bonds. The monoisotopic (exact) mass is 303 g/mol. The van der Waals surface area contributed by atoms with Crippen LogP contribution in [-0.2, 0) is 6.54 Å². The Morgan fingerprint density at radius 2 is 2.38 bits per heavy atom. The smallest absolute Gasteiger partial charge is 0.236 e. The molecule has 0 aliphatic carbocycles. The predicted octanol–water partition coefficient (Wildman–Crippen LogP) is 3.07. The first-order valence-electron chi connectivity index (χ1n) is 7.76. The Morgan fingerprint density at radius 1 is 1.43 bits per heavy atom. The Bertz CT molecular complexity index is 594. The van der Waals surface area contributed by atoms with Gasteiger partial charge in [0, 0.05) is 31.7 Å². The van der Waals surface area contributed by atoms with Gasteiger partial charge in [0.2, 0.25) is 5.89 Å². The molecule has 4 heterocycles. The van der Waals surface area contributed by atoms with Crippen molar-refractivity contribution in [3.8, 4) is 10.8 Å². The average molecular weight is 303 g/mol. The summed E-state index contributed by atoms with van der Waals surface area (Å²) in [5.41, 5.74) is 1.05. The molecule has 0 saturated carbocycles. The fourth-order valence-electron chi connectivity index (χ4n) is 3.57. The highest BCUT2D eigenvalue weighted by Gasteiger charge is 2.34. The number of piperazine rings is 1. The van der Waals surface area contributed by atoms with Crippen LogP contribution in [0.1, 0.15) is 25.5 Å². The van der Waals surface area contributed by atoms with Crippen LogP contribution in [0.25, 0.3) is 10.8 Å². The maximum atomic E-state index is 5.63. The van der Waals surface area contributed by atoms with Crippen LogP contribution in [0.3, 0.4) is 0 Å². The molecule has 4 rings (SSSR count). The molecule has 0 spiro atoms. The van der Waals surface area contributed by atoms with E-state index in [1.165, 1.54) is 32.5 Å². The highest BCUT2D eigenvalue weighted by Crippen LogP contribution is 2.27. The van der Waals surface area contributed by atoms with Gasteiger partial charge in [-0.2, -0.15) is 0 Å². The van der Waals surface area contributed by atoms with Crippen molar-refractivity contribution in [2.24, 2.45) is 0 Å². The van der Waals surface area contributed by atoms with Crippen LogP contribution in [0.4, 0.5) is 0 Å². The van der Waals surface area contributed by atoms with Crippen molar-refractivity contribution in [3.63, 3.8) is 0 Å². The number of thiophene rings is 1. The topological polar surface area (TPSA) is 32.5 Å². The summed E-state index contributed by atoms with van der Waals surface area (Å²) >= 11 is 1.67. The summed E-state index contributed by atoms with van der Waals surface area (Å²) in [4.78, 5) is 11.0. The minimum Gasteiger partial charge on any atom is -0.444 e. The van der Waals surface area contributed by atoms with E-state index in [0.717, 1.165) is 29.0 Å². The number of hydrogen-bond donors (Lipinski definition) is 0. The van der Waals surface area contributed by atoms with Crippen LogP contribution in [0.15, 0.2) is 28.2 Å². The molecular formula is C16H21N3OS. The SMILES string of the molecule is C[C@@H]1CN2CCC[C@@H]2CN1Cc1coc(-c2cccs2)n1. The largest absolute Gasteiger partial charge is 0.444 e. The van der Waals surface area contributed by atoms with Gasteiger partial charge < -0.3 is 4.42 Å². The van der Waals surface area contributed by atoms with Gasteiger partial charge in [-0.3, -0.25) is 9.80 Å². The first kappa shape index (κ1) is 13.5. The molecule has 0 unspecified atom stereocenters. The maximum absolute atomic E-state index is 5.63. The highest BCUT2D eigenvalue weighted by atomic mass is 32.1. The number of rotatable bonds is 3. The molecule has 2 aliphatic heterocycles. The fraction of sp³-hybridized carbons (Fsp3) is 0.562. The lowest BCUT2D eigenvalue weighted by molar-refractivity contribution is 0.0532. The number of fused-ring (bicyclic) bond motifs is 1. The van der Waals surface area contributed by atoms with E-state index in [9.17, 15) is 0 Å². The van der Waals surface area contributed by atoms with E-state index in [4.69, 9.17) is 4.42 Å². The van der Waals surface area contributed by atoms with Crippen molar-refractivity contribution in [2.45, 2.75) is 38.4 Å². The van der Waals surface area contributed by atoms with E-state index in [1.54, 1.807) is 11.3 Å². The van der Waals surface area contributed by atoms with Crippen molar-refractivity contribution in [2.75, 3.05) is 19.6 Å². The molecule has 2 fully saturated rings. The second-order valence-electron chi connectivity index (χ2n) is 6.19. The normalized spacial score (nSPS) is 27.1. The van der Waals surface area contributed by atoms with E-state index in [0.29, 0.717) is 6.04 Å². The third-order valence-electron chi connectivity index (χ3n) is 4.72. The summed E-state index contributed by atoms with van der Waals surface area (Å²) in [6.07, 6.45) is 4.53. The molecule has 0 aromatic carbocycles. The molecule has 5 heteroatoms. The van der Waals surface area contributed by atoms with E-state index in [-0.39, 0.29) is 0 Å². The van der Waals surface area contributed by atoms with E-state index < -0.39 is 0 Å². The number of hydrogen-bond acceptors (Lipinski definition) is 5. The molecule has 2 aliphatic rings. The van der Waals surface area contributed by atoms with Crippen LogP contribution in [0.5, 0.6) is 0 Å². The Balaban J connectivity index is 1.46. The van der Waals surface area contributed by atoms with Gasteiger partial charge in [-0.15, -0.1) is 11.3 Å². The minimum absolute atomic E-state index is 0.598. The molecule has 0 radical (unpaired) electrons. The number of nitrogens with zero attached hydrogens (tertiary/aromatic N) is 3. The van der Waals surface area contributed by atoms with Crippen molar-refractivity contribution in [1.82, 2.24) is 14.8 Å². The molecule has 2 aromatic heterocycles. The molecular weight excluding hydrogens is 282 g/mol. The van der Waals surface area contributed by atoms with Crippen molar-refractivity contribution in [1.29, 1.82) is 0 Å². The van der Waals surface area contributed by atoms with Crippen LogP contribution in [-0.4, -0.2) is 46.5 Å². The van der Waals surface area contributed by atoms with Gasteiger partial charge in [0.25, 0.3) is 0 Å². The van der Waals surface area contributed by atoms with Gasteiger partial charge in [-0.1, -0.05) is 6.07 Å². The van der Waals surface area contributed by atoms with Crippen molar-refractivity contribution < 1.29 is 4.42 Å². The van der Waals surface area contributed by atoms with Crippen molar-refractivity contribution >= 4 is 11.3 Å². The van der Waals surface area contributed by atoms with Crippen molar-refractivity contribution in [3.05, 3.63) is 29.5 Å². The zero-order valence-electron chi connectivity index (χ0n) is 12.4. The van der Waals surface area contributed by atoms with E-state index in [2.05, 4.69) is 33.2 Å². The molecule has 2 atom stereocenters. The second kappa shape index (κ2) is 5.55. The lowest BCUT2D eigenvalue weighted by Crippen LogP contribution is -2.54. The standard InChI is InChI=1S/C16H21N3OS/c1-12-8-18-6-2-4-14(18)10-19(12)9-13-11-20-16(17-13)15-5-3-7-21-15/h3,5,7,11-12,14H,2,4,6,8-10H2,1H3/t12-,14-/m1/s1. The third kappa shape index (κ3) is 2.65. The molecule has 2 aromatic rings. The highest BCUT2D eigenvalue weighted by molar-refractivity contribution is 7.13. The Kier molecular flexibility index (Phi) is 3.57. The molecule has 2 saturated heterocycles. The van der Waals surface area contributed by atoms with Gasteiger partial charge in [0.1, 0.15) is 6.26 Å². The van der Waals surface area contributed by atoms with Crippen LogP contribution < -0.4 is 0 Å².